The van der Waals surface area contributed by atoms with E-state index in [4.69, 9.17) is 5.73 Å². The van der Waals surface area contributed by atoms with Crippen LogP contribution in [0.1, 0.15) is 32.1 Å². The van der Waals surface area contributed by atoms with E-state index in [2.05, 4.69) is 10.6 Å². The first-order valence-electron chi connectivity index (χ1n) is 5.67. The van der Waals surface area contributed by atoms with Gasteiger partial charge in [0.15, 0.2) is 0 Å². The molecule has 1 heterocycles. The quantitative estimate of drug-likeness (QED) is 0.731. The van der Waals surface area contributed by atoms with Crippen molar-refractivity contribution in [1.82, 2.24) is 5.32 Å². The smallest absolute Gasteiger partial charge is 0.221 e. The van der Waals surface area contributed by atoms with Gasteiger partial charge < -0.3 is 16.4 Å². The van der Waals surface area contributed by atoms with Gasteiger partial charge in [0.2, 0.25) is 11.8 Å². The average Bonchev–Trinajstić information content (AvgIpc) is 2.59. The summed E-state index contributed by atoms with van der Waals surface area (Å²) >= 11 is 1.56. The number of hydrogen-bond acceptors (Lipinski definition) is 4. The van der Waals surface area contributed by atoms with Gasteiger partial charge in [0, 0.05) is 30.3 Å². The van der Waals surface area contributed by atoms with Crippen LogP contribution in [-0.4, -0.2) is 17.4 Å². The zero-order valence-corrected chi connectivity index (χ0v) is 11.7. The second-order valence-electron chi connectivity index (χ2n) is 4.82. The van der Waals surface area contributed by atoms with Gasteiger partial charge >= 0.3 is 0 Å². The van der Waals surface area contributed by atoms with Crippen LogP contribution in [0.2, 0.25) is 0 Å². The molecule has 0 spiro atoms. The van der Waals surface area contributed by atoms with Gasteiger partial charge in [-0.3, -0.25) is 9.59 Å². The Morgan fingerprint density at radius 1 is 1.44 bits per heavy atom. The minimum Gasteiger partial charge on any atom is -0.370 e. The molecule has 0 unspecified atom stereocenters. The van der Waals surface area contributed by atoms with E-state index < -0.39 is 0 Å². The number of hydrogen-bond donors (Lipinski definition) is 3. The number of nitrogens with two attached hydrogens (primary N) is 1. The highest BCUT2D eigenvalue weighted by Crippen LogP contribution is 2.23. The van der Waals surface area contributed by atoms with Crippen LogP contribution in [0.5, 0.6) is 0 Å². The second-order valence-corrected chi connectivity index (χ2v) is 5.82. The number of carbonyl (C=O) groups excluding carboxylic acids is 2. The maximum Gasteiger partial charge on any atom is 0.221 e. The van der Waals surface area contributed by atoms with Crippen LogP contribution in [0, 0.1) is 0 Å². The molecule has 0 aromatic carbocycles. The number of thiophene rings is 1. The zero-order chi connectivity index (χ0) is 13.8. The van der Waals surface area contributed by atoms with Gasteiger partial charge in [-0.05, 0) is 25.3 Å². The highest BCUT2D eigenvalue weighted by atomic mass is 32.1. The van der Waals surface area contributed by atoms with Gasteiger partial charge in [-0.15, -0.1) is 11.3 Å². The molecule has 0 aliphatic heterocycles. The normalized spacial score (nSPS) is 11.3. The topological polar surface area (TPSA) is 84.2 Å². The third kappa shape index (κ3) is 4.85. The van der Waals surface area contributed by atoms with Crippen molar-refractivity contribution in [3.05, 3.63) is 16.3 Å². The molecule has 5 nitrogen and oxygen atoms in total. The predicted octanol–water partition coefficient (Wildman–Crippen LogP) is 1.45. The van der Waals surface area contributed by atoms with Crippen LogP contribution >= 0.6 is 11.3 Å². The lowest BCUT2D eigenvalue weighted by Crippen LogP contribution is -2.42. The monoisotopic (exact) mass is 269 g/mol. The van der Waals surface area contributed by atoms with Crippen molar-refractivity contribution in [3.63, 3.8) is 0 Å². The van der Waals surface area contributed by atoms with Crippen LogP contribution in [0.3, 0.4) is 0 Å². The number of rotatable bonds is 6. The number of anilines is 1. The lowest BCUT2D eigenvalue weighted by atomic mass is 10.0. The van der Waals surface area contributed by atoms with Crippen molar-refractivity contribution >= 4 is 28.8 Å². The molecule has 1 aromatic rings. The average molecular weight is 269 g/mol. The van der Waals surface area contributed by atoms with Crippen molar-refractivity contribution in [1.29, 1.82) is 0 Å². The van der Waals surface area contributed by atoms with Gasteiger partial charge in [-0.25, -0.2) is 0 Å². The van der Waals surface area contributed by atoms with Gasteiger partial charge in [0.1, 0.15) is 0 Å². The van der Waals surface area contributed by atoms with Crippen molar-refractivity contribution < 1.29 is 9.59 Å². The lowest BCUT2D eigenvalue weighted by Gasteiger charge is -2.24. The fraction of sp³-hybridized carbons (Fsp3) is 0.500. The summed E-state index contributed by atoms with van der Waals surface area (Å²) in [4.78, 5) is 23.0. The van der Waals surface area contributed by atoms with Gasteiger partial charge in [-0.2, -0.15) is 0 Å². The molecular weight excluding hydrogens is 250 g/mol. The van der Waals surface area contributed by atoms with Crippen molar-refractivity contribution in [2.45, 2.75) is 39.3 Å². The summed E-state index contributed by atoms with van der Waals surface area (Å²) in [6, 6.07) is 1.87. The van der Waals surface area contributed by atoms with Gasteiger partial charge in [0.05, 0.1) is 5.69 Å². The van der Waals surface area contributed by atoms with Crippen LogP contribution in [0.25, 0.3) is 0 Å². The largest absolute Gasteiger partial charge is 0.370 e. The van der Waals surface area contributed by atoms with E-state index in [1.807, 2.05) is 25.3 Å². The van der Waals surface area contributed by atoms with Crippen molar-refractivity contribution in [2.24, 2.45) is 5.73 Å². The molecule has 0 bridgehead atoms. The first-order chi connectivity index (χ1) is 8.30. The van der Waals surface area contributed by atoms with Crippen molar-refractivity contribution in [3.8, 4) is 0 Å². The second kappa shape index (κ2) is 5.97. The zero-order valence-electron chi connectivity index (χ0n) is 10.9. The van der Waals surface area contributed by atoms with E-state index in [9.17, 15) is 9.59 Å². The number of carbonyl (C=O) groups is 2. The van der Waals surface area contributed by atoms with Gasteiger partial charge in [-0.1, -0.05) is 0 Å². The minimum atomic E-state index is -0.358. The Morgan fingerprint density at radius 3 is 2.67 bits per heavy atom. The predicted molar refractivity (Wildman–Crippen MR) is 73.4 cm³/mol. The summed E-state index contributed by atoms with van der Waals surface area (Å²) in [5, 5.41) is 7.95. The van der Waals surface area contributed by atoms with Gasteiger partial charge in [0.25, 0.3) is 0 Å². The standard InChI is InChI=1S/C12H19N3O2S/c1-8(16)15-9-4-5-18-10(9)7-14-12(2,3)6-11(13)17/h4-5,14H,6-7H2,1-3H3,(H2,13,17)(H,15,16). The Labute approximate surface area is 111 Å². The number of primary amides is 1. The molecular formula is C12H19N3O2S. The first-order valence-corrected chi connectivity index (χ1v) is 6.55. The highest BCUT2D eigenvalue weighted by molar-refractivity contribution is 7.10. The third-order valence-corrected chi connectivity index (χ3v) is 3.32. The third-order valence-electron chi connectivity index (χ3n) is 2.40. The molecule has 0 saturated heterocycles. The van der Waals surface area contributed by atoms with Crippen LogP contribution in [0.4, 0.5) is 5.69 Å². The summed E-state index contributed by atoms with van der Waals surface area (Å²) in [5.41, 5.74) is 5.65. The fourth-order valence-corrected chi connectivity index (χ4v) is 2.37. The van der Waals surface area contributed by atoms with E-state index in [0.29, 0.717) is 6.54 Å². The molecule has 18 heavy (non-hydrogen) atoms. The summed E-state index contributed by atoms with van der Waals surface area (Å²) in [7, 11) is 0. The molecule has 0 aliphatic carbocycles. The Balaban J connectivity index is 2.60. The Morgan fingerprint density at radius 2 is 2.11 bits per heavy atom. The molecule has 1 aromatic heterocycles. The van der Waals surface area contributed by atoms with Crippen LogP contribution in [0.15, 0.2) is 11.4 Å². The lowest BCUT2D eigenvalue weighted by molar-refractivity contribution is -0.119. The Kier molecular flexibility index (Phi) is 4.86. The van der Waals surface area contributed by atoms with E-state index in [1.165, 1.54) is 6.92 Å². The Bertz CT molecular complexity index is 440. The molecule has 0 fully saturated rings. The maximum atomic E-state index is 11.0. The molecule has 2 amide bonds. The minimum absolute atomic E-state index is 0.0916. The molecule has 0 saturated carbocycles. The first kappa shape index (κ1) is 14.7. The van der Waals surface area contributed by atoms with E-state index in [0.717, 1.165) is 10.6 Å². The SMILES string of the molecule is CC(=O)Nc1ccsc1CNC(C)(C)CC(N)=O. The molecule has 0 aliphatic rings. The molecule has 1 rings (SSSR count). The molecule has 100 valence electrons. The summed E-state index contributed by atoms with van der Waals surface area (Å²) < 4.78 is 0. The molecule has 0 radical (unpaired) electrons. The summed E-state index contributed by atoms with van der Waals surface area (Å²) in [5.74, 6) is -0.424. The fourth-order valence-electron chi connectivity index (χ4n) is 1.60. The maximum absolute atomic E-state index is 11.0. The van der Waals surface area contributed by atoms with Crippen LogP contribution in [-0.2, 0) is 16.1 Å². The van der Waals surface area contributed by atoms with Crippen LogP contribution < -0.4 is 16.4 Å². The van der Waals surface area contributed by atoms with Crippen molar-refractivity contribution in [2.75, 3.05) is 5.32 Å². The molecule has 4 N–H and O–H groups in total. The highest BCUT2D eigenvalue weighted by Gasteiger charge is 2.20. The van der Waals surface area contributed by atoms with E-state index in [-0.39, 0.29) is 23.8 Å². The molecule has 0 atom stereocenters. The number of amides is 2. The Hall–Kier alpha value is -1.40. The number of nitrogens with one attached hydrogen (secondary N) is 2. The molecule has 6 heteroatoms. The van der Waals surface area contributed by atoms with E-state index >= 15 is 0 Å². The summed E-state index contributed by atoms with van der Waals surface area (Å²) in [6.45, 7) is 5.91. The summed E-state index contributed by atoms with van der Waals surface area (Å²) in [6.07, 6.45) is 0.272. The van der Waals surface area contributed by atoms with E-state index in [1.54, 1.807) is 11.3 Å².